The zero-order valence-corrected chi connectivity index (χ0v) is 14.3. The summed E-state index contributed by atoms with van der Waals surface area (Å²) < 4.78 is 0. The number of carbonyl (C=O) groups excluding carboxylic acids is 2. The summed E-state index contributed by atoms with van der Waals surface area (Å²) in [6.07, 6.45) is 1.52. The van der Waals surface area contributed by atoms with Crippen molar-refractivity contribution in [2.75, 3.05) is 32.5 Å². The summed E-state index contributed by atoms with van der Waals surface area (Å²) >= 11 is 6.04. The number of anilines is 1. The lowest BCUT2D eigenvalue weighted by Gasteiger charge is -2.14. The van der Waals surface area contributed by atoms with Crippen LogP contribution in [0, 0.1) is 5.92 Å². The molecule has 1 heterocycles. The second-order valence-corrected chi connectivity index (χ2v) is 5.91. The van der Waals surface area contributed by atoms with Crippen LogP contribution < -0.4 is 10.6 Å². The Kier molecular flexibility index (Phi) is 7.13. The van der Waals surface area contributed by atoms with Crippen molar-refractivity contribution < 1.29 is 9.59 Å². The molecular weight excluding hydrogens is 325 g/mol. The maximum atomic E-state index is 12.0. The number of carbonyl (C=O) groups is 2. The van der Waals surface area contributed by atoms with Crippen molar-refractivity contribution in [3.05, 3.63) is 28.8 Å². The number of nitrogens with one attached hydrogen (secondary N) is 2. The van der Waals surface area contributed by atoms with Gasteiger partial charge >= 0.3 is 0 Å². The Hall–Kier alpha value is -1.30. The Morgan fingerprint density at radius 3 is 2.73 bits per heavy atom. The van der Waals surface area contributed by atoms with Crippen molar-refractivity contribution >= 4 is 41.5 Å². The van der Waals surface area contributed by atoms with Crippen LogP contribution in [0.4, 0.5) is 5.69 Å². The van der Waals surface area contributed by atoms with Gasteiger partial charge in [-0.2, -0.15) is 0 Å². The molecule has 2 rings (SSSR count). The third-order valence-corrected chi connectivity index (χ3v) is 3.85. The molecule has 2 N–H and O–H groups in total. The maximum absolute atomic E-state index is 12.0. The van der Waals surface area contributed by atoms with Gasteiger partial charge < -0.3 is 15.5 Å². The van der Waals surface area contributed by atoms with Crippen molar-refractivity contribution in [3.63, 3.8) is 0 Å². The number of halogens is 2. The fourth-order valence-electron chi connectivity index (χ4n) is 2.37. The van der Waals surface area contributed by atoms with E-state index in [-0.39, 0.29) is 24.2 Å². The van der Waals surface area contributed by atoms with Crippen LogP contribution in [-0.2, 0) is 4.79 Å². The molecule has 1 fully saturated rings. The summed E-state index contributed by atoms with van der Waals surface area (Å²) in [5, 5.41) is 6.45. The number of amides is 2. The Morgan fingerprint density at radius 2 is 2.14 bits per heavy atom. The van der Waals surface area contributed by atoms with E-state index in [0.717, 1.165) is 19.5 Å². The molecule has 1 atom stereocenters. The highest BCUT2D eigenvalue weighted by molar-refractivity contribution is 6.34. The summed E-state index contributed by atoms with van der Waals surface area (Å²) in [4.78, 5) is 25.5. The van der Waals surface area contributed by atoms with Crippen LogP contribution in [0.1, 0.15) is 23.2 Å². The standard InChI is InChI=1S/C15H20ClN3O2.ClH/c1-19(2)15(21)12-8-11(3-4-13(12)16)18-14(20)7-10-5-6-17-9-10;/h3-4,8,10,17H,5-7,9H2,1-2H3,(H,18,20);1H. The first-order chi connectivity index (χ1) is 9.97. The van der Waals surface area contributed by atoms with Gasteiger partial charge in [0.15, 0.2) is 0 Å². The second kappa shape index (κ2) is 8.36. The van der Waals surface area contributed by atoms with Gasteiger partial charge in [0.05, 0.1) is 10.6 Å². The van der Waals surface area contributed by atoms with E-state index in [4.69, 9.17) is 11.6 Å². The topological polar surface area (TPSA) is 61.4 Å². The van der Waals surface area contributed by atoms with E-state index in [1.807, 2.05) is 0 Å². The summed E-state index contributed by atoms with van der Waals surface area (Å²) in [5.74, 6) is 0.172. The molecule has 1 unspecified atom stereocenters. The number of rotatable bonds is 4. The van der Waals surface area contributed by atoms with E-state index >= 15 is 0 Å². The highest BCUT2D eigenvalue weighted by atomic mass is 35.5. The SMILES string of the molecule is CN(C)C(=O)c1cc(NC(=O)CC2CCNC2)ccc1Cl.Cl. The molecule has 1 aromatic rings. The lowest BCUT2D eigenvalue weighted by atomic mass is 10.0. The van der Waals surface area contributed by atoms with Crippen molar-refractivity contribution in [2.24, 2.45) is 5.92 Å². The zero-order chi connectivity index (χ0) is 15.4. The van der Waals surface area contributed by atoms with Crippen LogP contribution in [0.2, 0.25) is 5.02 Å². The Balaban J connectivity index is 0.00000242. The first kappa shape index (κ1) is 18.7. The third-order valence-electron chi connectivity index (χ3n) is 3.52. The van der Waals surface area contributed by atoms with Gasteiger partial charge in [0.25, 0.3) is 5.91 Å². The fourth-order valence-corrected chi connectivity index (χ4v) is 2.57. The lowest BCUT2D eigenvalue weighted by molar-refractivity contribution is -0.116. The first-order valence-electron chi connectivity index (χ1n) is 6.99. The molecule has 1 saturated heterocycles. The minimum absolute atomic E-state index is 0. The third kappa shape index (κ3) is 4.87. The van der Waals surface area contributed by atoms with Gasteiger partial charge in [-0.1, -0.05) is 11.6 Å². The number of benzene rings is 1. The van der Waals surface area contributed by atoms with Crippen LogP contribution in [0.5, 0.6) is 0 Å². The summed E-state index contributed by atoms with van der Waals surface area (Å²) in [6.45, 7) is 1.86. The van der Waals surface area contributed by atoms with Crippen molar-refractivity contribution in [3.8, 4) is 0 Å². The van der Waals surface area contributed by atoms with E-state index < -0.39 is 0 Å². The number of hydrogen-bond acceptors (Lipinski definition) is 3. The van der Waals surface area contributed by atoms with E-state index in [0.29, 0.717) is 28.6 Å². The first-order valence-corrected chi connectivity index (χ1v) is 7.37. The quantitative estimate of drug-likeness (QED) is 0.880. The molecule has 0 aliphatic carbocycles. The van der Waals surface area contributed by atoms with Gasteiger partial charge in [0.1, 0.15) is 0 Å². The Bertz CT molecular complexity index is 544. The Morgan fingerprint density at radius 1 is 1.41 bits per heavy atom. The van der Waals surface area contributed by atoms with Gasteiger partial charge in [-0.05, 0) is 43.6 Å². The molecule has 0 spiro atoms. The lowest BCUT2D eigenvalue weighted by Crippen LogP contribution is -2.22. The monoisotopic (exact) mass is 345 g/mol. The number of nitrogens with zero attached hydrogens (tertiary/aromatic N) is 1. The molecule has 0 radical (unpaired) electrons. The Labute approximate surface area is 141 Å². The smallest absolute Gasteiger partial charge is 0.254 e. The van der Waals surface area contributed by atoms with Crippen molar-refractivity contribution in [1.29, 1.82) is 0 Å². The van der Waals surface area contributed by atoms with Gasteiger partial charge in [0.2, 0.25) is 5.91 Å². The van der Waals surface area contributed by atoms with Crippen LogP contribution >= 0.6 is 24.0 Å². The van der Waals surface area contributed by atoms with E-state index in [1.54, 1.807) is 32.3 Å². The van der Waals surface area contributed by atoms with Crippen molar-refractivity contribution in [2.45, 2.75) is 12.8 Å². The molecule has 1 aromatic carbocycles. The van der Waals surface area contributed by atoms with Crippen LogP contribution in [0.3, 0.4) is 0 Å². The molecule has 122 valence electrons. The molecule has 0 aromatic heterocycles. The molecule has 1 aliphatic rings. The zero-order valence-electron chi connectivity index (χ0n) is 12.7. The van der Waals surface area contributed by atoms with E-state index in [1.165, 1.54) is 4.90 Å². The van der Waals surface area contributed by atoms with Crippen LogP contribution in [0.15, 0.2) is 18.2 Å². The van der Waals surface area contributed by atoms with E-state index in [2.05, 4.69) is 10.6 Å². The predicted octanol–water partition coefficient (Wildman–Crippen LogP) is 2.40. The summed E-state index contributed by atoms with van der Waals surface area (Å²) in [6, 6.07) is 4.96. The normalized spacial score (nSPS) is 16.8. The van der Waals surface area contributed by atoms with Crippen molar-refractivity contribution in [1.82, 2.24) is 10.2 Å². The summed E-state index contributed by atoms with van der Waals surface area (Å²) in [7, 11) is 3.33. The average molecular weight is 346 g/mol. The van der Waals surface area contributed by atoms with Crippen LogP contribution in [0.25, 0.3) is 0 Å². The second-order valence-electron chi connectivity index (χ2n) is 5.51. The fraction of sp³-hybridized carbons (Fsp3) is 0.467. The van der Waals surface area contributed by atoms with E-state index in [9.17, 15) is 9.59 Å². The molecule has 1 aliphatic heterocycles. The van der Waals surface area contributed by atoms with Gasteiger partial charge in [-0.25, -0.2) is 0 Å². The molecular formula is C15H21Cl2N3O2. The molecule has 5 nitrogen and oxygen atoms in total. The largest absolute Gasteiger partial charge is 0.345 e. The molecule has 0 saturated carbocycles. The van der Waals surface area contributed by atoms with Gasteiger partial charge in [-0.3, -0.25) is 9.59 Å². The highest BCUT2D eigenvalue weighted by Crippen LogP contribution is 2.22. The summed E-state index contributed by atoms with van der Waals surface area (Å²) in [5.41, 5.74) is 0.988. The maximum Gasteiger partial charge on any atom is 0.254 e. The van der Waals surface area contributed by atoms with Crippen LogP contribution in [-0.4, -0.2) is 43.9 Å². The predicted molar refractivity (Wildman–Crippen MR) is 90.9 cm³/mol. The molecule has 7 heteroatoms. The average Bonchev–Trinajstić information content (AvgIpc) is 2.92. The highest BCUT2D eigenvalue weighted by Gasteiger charge is 2.19. The van der Waals surface area contributed by atoms with Gasteiger partial charge in [-0.15, -0.1) is 12.4 Å². The van der Waals surface area contributed by atoms with Gasteiger partial charge in [0, 0.05) is 26.2 Å². The molecule has 22 heavy (non-hydrogen) atoms. The molecule has 0 bridgehead atoms. The minimum atomic E-state index is -0.184. The molecule has 2 amide bonds. The number of hydrogen-bond donors (Lipinski definition) is 2. The minimum Gasteiger partial charge on any atom is -0.345 e.